The van der Waals surface area contributed by atoms with Crippen molar-refractivity contribution in [3.05, 3.63) is 0 Å². The smallest absolute Gasteiger partial charge is 0.0459 e. The first kappa shape index (κ1) is 7.07. The van der Waals surface area contributed by atoms with Crippen LogP contribution in [0.15, 0.2) is 0 Å². The lowest BCUT2D eigenvalue weighted by Crippen LogP contribution is -2.15. The average Bonchev–Trinajstić information content (AvgIpc) is 1.88. The molecule has 1 nitrogen and oxygen atoms in total. The van der Waals surface area contributed by atoms with Crippen molar-refractivity contribution in [1.29, 1.82) is 0 Å². The molecule has 0 radical (unpaired) electrons. The van der Waals surface area contributed by atoms with Gasteiger partial charge in [0.2, 0.25) is 0 Å². The van der Waals surface area contributed by atoms with Gasteiger partial charge >= 0.3 is 0 Å². The minimum absolute atomic E-state index is 0.407. The molecule has 1 aliphatic carbocycles. The predicted molar refractivity (Wildman–Crippen MR) is 38.2 cm³/mol. The third-order valence-corrected chi connectivity index (χ3v) is 2.30. The standard InChI is InChI=1S/C8H16O/c1-7-3-2-4-8(5-7)6-9/h7-9H,2-6H2,1H3/t7-,8+/m0/s1. The fourth-order valence-electron chi connectivity index (χ4n) is 1.73. The summed E-state index contributed by atoms with van der Waals surface area (Å²) < 4.78 is 0. The summed E-state index contributed by atoms with van der Waals surface area (Å²) in [5, 5.41) is 8.81. The van der Waals surface area contributed by atoms with Crippen LogP contribution in [0.3, 0.4) is 0 Å². The molecule has 1 saturated carbocycles. The third-order valence-electron chi connectivity index (χ3n) is 2.30. The van der Waals surface area contributed by atoms with E-state index < -0.39 is 0 Å². The maximum atomic E-state index is 8.81. The van der Waals surface area contributed by atoms with Gasteiger partial charge in [-0.2, -0.15) is 0 Å². The first-order valence-corrected chi connectivity index (χ1v) is 3.93. The van der Waals surface area contributed by atoms with E-state index in [0.717, 1.165) is 5.92 Å². The van der Waals surface area contributed by atoms with Gasteiger partial charge in [0.25, 0.3) is 0 Å². The normalized spacial score (nSPS) is 36.7. The van der Waals surface area contributed by atoms with Crippen LogP contribution in [0.5, 0.6) is 0 Å². The van der Waals surface area contributed by atoms with E-state index in [2.05, 4.69) is 6.92 Å². The van der Waals surface area contributed by atoms with Gasteiger partial charge in [-0.1, -0.05) is 19.8 Å². The van der Waals surface area contributed by atoms with Gasteiger partial charge in [-0.3, -0.25) is 0 Å². The quantitative estimate of drug-likeness (QED) is 0.571. The van der Waals surface area contributed by atoms with Crippen molar-refractivity contribution in [1.82, 2.24) is 0 Å². The molecular weight excluding hydrogens is 112 g/mol. The molecule has 0 aromatic rings. The van der Waals surface area contributed by atoms with Crippen molar-refractivity contribution in [3.8, 4) is 0 Å². The monoisotopic (exact) mass is 128 g/mol. The lowest BCUT2D eigenvalue weighted by molar-refractivity contribution is 0.166. The molecule has 0 amide bonds. The largest absolute Gasteiger partial charge is 0.396 e. The summed E-state index contributed by atoms with van der Waals surface area (Å²) in [4.78, 5) is 0. The maximum Gasteiger partial charge on any atom is 0.0459 e. The molecule has 1 rings (SSSR count). The number of rotatable bonds is 1. The Morgan fingerprint density at radius 1 is 1.44 bits per heavy atom. The molecule has 0 aliphatic heterocycles. The number of hydrogen-bond donors (Lipinski definition) is 1. The Kier molecular flexibility index (Phi) is 2.52. The van der Waals surface area contributed by atoms with Gasteiger partial charge in [-0.25, -0.2) is 0 Å². The van der Waals surface area contributed by atoms with Crippen LogP contribution in [-0.2, 0) is 0 Å². The van der Waals surface area contributed by atoms with Gasteiger partial charge in [0.15, 0.2) is 0 Å². The fraction of sp³-hybridized carbons (Fsp3) is 1.00. The molecule has 9 heavy (non-hydrogen) atoms. The highest BCUT2D eigenvalue weighted by atomic mass is 16.3. The molecule has 0 saturated heterocycles. The Hall–Kier alpha value is -0.0400. The summed E-state index contributed by atoms with van der Waals surface area (Å²) in [6.07, 6.45) is 5.19. The van der Waals surface area contributed by atoms with Crippen molar-refractivity contribution < 1.29 is 5.11 Å². The van der Waals surface area contributed by atoms with Gasteiger partial charge in [0.05, 0.1) is 0 Å². The summed E-state index contributed by atoms with van der Waals surface area (Å²) >= 11 is 0. The zero-order valence-electron chi connectivity index (χ0n) is 6.14. The first-order chi connectivity index (χ1) is 4.33. The summed E-state index contributed by atoms with van der Waals surface area (Å²) in [5.74, 6) is 1.48. The maximum absolute atomic E-state index is 8.81. The molecule has 1 heteroatoms. The molecule has 0 bridgehead atoms. The molecule has 0 aromatic heterocycles. The highest BCUT2D eigenvalue weighted by molar-refractivity contribution is 4.68. The Balaban J connectivity index is 2.23. The van der Waals surface area contributed by atoms with Crippen molar-refractivity contribution in [2.75, 3.05) is 6.61 Å². The molecule has 1 aliphatic rings. The highest BCUT2D eigenvalue weighted by Crippen LogP contribution is 2.27. The first-order valence-electron chi connectivity index (χ1n) is 3.93. The fourth-order valence-corrected chi connectivity index (χ4v) is 1.73. The van der Waals surface area contributed by atoms with Crippen molar-refractivity contribution in [3.63, 3.8) is 0 Å². The van der Waals surface area contributed by atoms with Crippen molar-refractivity contribution in [2.45, 2.75) is 32.6 Å². The van der Waals surface area contributed by atoms with E-state index in [-0.39, 0.29) is 0 Å². The third kappa shape index (κ3) is 1.98. The van der Waals surface area contributed by atoms with Crippen molar-refractivity contribution in [2.24, 2.45) is 11.8 Å². The minimum Gasteiger partial charge on any atom is -0.396 e. The van der Waals surface area contributed by atoms with E-state index in [4.69, 9.17) is 5.11 Å². The van der Waals surface area contributed by atoms with E-state index in [9.17, 15) is 0 Å². The second-order valence-electron chi connectivity index (χ2n) is 3.32. The Morgan fingerprint density at radius 3 is 2.67 bits per heavy atom. The van der Waals surface area contributed by atoms with Gasteiger partial charge < -0.3 is 5.11 Å². The van der Waals surface area contributed by atoms with Crippen molar-refractivity contribution >= 4 is 0 Å². The van der Waals surface area contributed by atoms with Crippen LogP contribution in [0.4, 0.5) is 0 Å². The minimum atomic E-state index is 0.407. The average molecular weight is 128 g/mol. The topological polar surface area (TPSA) is 20.2 Å². The van der Waals surface area contributed by atoms with E-state index >= 15 is 0 Å². The molecule has 0 heterocycles. The molecule has 54 valence electrons. The Labute approximate surface area is 57.1 Å². The number of aliphatic hydroxyl groups excluding tert-OH is 1. The molecule has 2 atom stereocenters. The van der Waals surface area contributed by atoms with Crippen LogP contribution in [-0.4, -0.2) is 11.7 Å². The lowest BCUT2D eigenvalue weighted by atomic mass is 9.83. The van der Waals surface area contributed by atoms with Gasteiger partial charge in [-0.15, -0.1) is 0 Å². The lowest BCUT2D eigenvalue weighted by Gasteiger charge is -2.24. The highest BCUT2D eigenvalue weighted by Gasteiger charge is 2.17. The summed E-state index contributed by atoms with van der Waals surface area (Å²) in [7, 11) is 0. The van der Waals surface area contributed by atoms with E-state index in [1.54, 1.807) is 0 Å². The van der Waals surface area contributed by atoms with Gasteiger partial charge in [0, 0.05) is 6.61 Å². The van der Waals surface area contributed by atoms with Crippen LogP contribution < -0.4 is 0 Å². The Morgan fingerprint density at radius 2 is 2.22 bits per heavy atom. The molecular formula is C8H16O. The predicted octanol–water partition coefficient (Wildman–Crippen LogP) is 1.80. The second kappa shape index (κ2) is 3.21. The van der Waals surface area contributed by atoms with E-state index in [1.807, 2.05) is 0 Å². The van der Waals surface area contributed by atoms with Crippen LogP contribution in [0.25, 0.3) is 0 Å². The van der Waals surface area contributed by atoms with Crippen LogP contribution in [0.2, 0.25) is 0 Å². The van der Waals surface area contributed by atoms with E-state index in [1.165, 1.54) is 25.7 Å². The Bertz CT molecular complexity index is 80.6. The molecule has 0 aromatic carbocycles. The zero-order chi connectivity index (χ0) is 6.69. The number of hydrogen-bond acceptors (Lipinski definition) is 1. The summed E-state index contributed by atoms with van der Waals surface area (Å²) in [6.45, 7) is 2.69. The van der Waals surface area contributed by atoms with E-state index in [0.29, 0.717) is 12.5 Å². The SMILES string of the molecule is C[C@H]1CCC[C@@H](CO)C1. The molecule has 1 fully saturated rings. The summed E-state index contributed by atoms with van der Waals surface area (Å²) in [6, 6.07) is 0. The molecule has 0 unspecified atom stereocenters. The molecule has 1 N–H and O–H groups in total. The summed E-state index contributed by atoms with van der Waals surface area (Å²) in [5.41, 5.74) is 0. The molecule has 0 spiro atoms. The van der Waals surface area contributed by atoms with Gasteiger partial charge in [0.1, 0.15) is 0 Å². The van der Waals surface area contributed by atoms with Crippen LogP contribution in [0, 0.1) is 11.8 Å². The van der Waals surface area contributed by atoms with Crippen LogP contribution in [0.1, 0.15) is 32.6 Å². The van der Waals surface area contributed by atoms with Gasteiger partial charge in [-0.05, 0) is 24.7 Å². The second-order valence-corrected chi connectivity index (χ2v) is 3.32. The zero-order valence-corrected chi connectivity index (χ0v) is 6.14. The number of aliphatic hydroxyl groups is 1. The van der Waals surface area contributed by atoms with Crippen LogP contribution >= 0.6 is 0 Å².